The molecule has 2 rings (SSSR count). The van der Waals surface area contributed by atoms with Crippen molar-refractivity contribution in [2.75, 3.05) is 6.54 Å². The molecule has 0 fully saturated rings. The van der Waals surface area contributed by atoms with Crippen molar-refractivity contribution < 1.29 is 0 Å². The van der Waals surface area contributed by atoms with Crippen molar-refractivity contribution in [2.45, 2.75) is 65.5 Å². The third-order valence-corrected chi connectivity index (χ3v) is 4.64. The number of fused-ring (bicyclic) bond motifs is 1. The molecule has 1 aromatic carbocycles. The number of benzene rings is 1. The van der Waals surface area contributed by atoms with Crippen molar-refractivity contribution in [3.63, 3.8) is 0 Å². The second-order valence-corrected chi connectivity index (χ2v) is 6.59. The zero-order chi connectivity index (χ0) is 17.5. The van der Waals surface area contributed by atoms with Crippen LogP contribution in [0.25, 0.3) is 10.9 Å². The van der Waals surface area contributed by atoms with Gasteiger partial charge in [0.2, 0.25) is 0 Å². The molecule has 1 atom stereocenters. The van der Waals surface area contributed by atoms with E-state index in [1.807, 2.05) is 6.92 Å². The molecule has 1 aromatic heterocycles. The lowest BCUT2D eigenvalue weighted by atomic mass is 10.1. The zero-order valence-electron chi connectivity index (χ0n) is 14.9. The highest BCUT2D eigenvalue weighted by Gasteiger charge is 2.17. The molecule has 5 heteroatoms. The first-order chi connectivity index (χ1) is 11.6. The van der Waals surface area contributed by atoms with Crippen molar-refractivity contribution in [1.82, 2.24) is 14.9 Å². The van der Waals surface area contributed by atoms with Gasteiger partial charge in [-0.1, -0.05) is 44.7 Å². The van der Waals surface area contributed by atoms with Crippen LogP contribution >= 0.6 is 11.6 Å². The monoisotopic (exact) mass is 349 g/mol. The molecule has 0 bridgehead atoms. The van der Waals surface area contributed by atoms with Crippen molar-refractivity contribution in [3.05, 3.63) is 39.4 Å². The van der Waals surface area contributed by atoms with E-state index in [0.717, 1.165) is 25.2 Å². The van der Waals surface area contributed by atoms with E-state index in [1.54, 1.807) is 22.8 Å². The minimum Gasteiger partial charge on any atom is -0.307 e. The Hall–Kier alpha value is -1.39. The van der Waals surface area contributed by atoms with Gasteiger partial charge in [-0.05, 0) is 44.5 Å². The molecule has 0 aliphatic heterocycles. The Kier molecular flexibility index (Phi) is 7.25. The first kappa shape index (κ1) is 18.9. The summed E-state index contributed by atoms with van der Waals surface area (Å²) in [5, 5.41) is 4.80. The quantitative estimate of drug-likeness (QED) is 0.668. The lowest BCUT2D eigenvalue weighted by Crippen LogP contribution is -2.32. The number of rotatable bonds is 9. The molecule has 0 aliphatic carbocycles. The Bertz CT molecular complexity index is 726. The fourth-order valence-electron chi connectivity index (χ4n) is 3.03. The van der Waals surface area contributed by atoms with E-state index >= 15 is 0 Å². The number of halogens is 1. The van der Waals surface area contributed by atoms with Crippen LogP contribution in [0, 0.1) is 0 Å². The predicted molar refractivity (Wildman–Crippen MR) is 102 cm³/mol. The molecule has 1 N–H and O–H groups in total. The lowest BCUT2D eigenvalue weighted by Gasteiger charge is -2.21. The summed E-state index contributed by atoms with van der Waals surface area (Å²) in [4.78, 5) is 17.5. The maximum absolute atomic E-state index is 12.8. The molecule has 0 aliphatic rings. The Balaban J connectivity index is 2.32. The summed E-state index contributed by atoms with van der Waals surface area (Å²) in [5.74, 6) is 0.815. The van der Waals surface area contributed by atoms with E-state index in [2.05, 4.69) is 19.2 Å². The van der Waals surface area contributed by atoms with Crippen molar-refractivity contribution in [1.29, 1.82) is 0 Å². The molecule has 24 heavy (non-hydrogen) atoms. The predicted octanol–water partition coefficient (Wildman–Crippen LogP) is 4.69. The fraction of sp³-hybridized carbons (Fsp3) is 0.579. The summed E-state index contributed by atoms with van der Waals surface area (Å²) < 4.78 is 1.78. The summed E-state index contributed by atoms with van der Waals surface area (Å²) in [6.45, 7) is 7.89. The number of hydrogen-bond acceptors (Lipinski definition) is 3. The van der Waals surface area contributed by atoms with Crippen LogP contribution in [-0.4, -0.2) is 16.1 Å². The van der Waals surface area contributed by atoms with Gasteiger partial charge < -0.3 is 5.32 Å². The minimum absolute atomic E-state index is 0.0143. The average molecular weight is 350 g/mol. The summed E-state index contributed by atoms with van der Waals surface area (Å²) in [7, 11) is 0. The van der Waals surface area contributed by atoms with Crippen LogP contribution in [-0.2, 0) is 6.54 Å². The molecule has 2 aromatic rings. The van der Waals surface area contributed by atoms with Crippen LogP contribution in [0.3, 0.4) is 0 Å². The summed E-state index contributed by atoms with van der Waals surface area (Å²) in [6.07, 6.45) is 5.79. The number of nitrogens with zero attached hydrogens (tertiary/aromatic N) is 2. The average Bonchev–Trinajstić information content (AvgIpc) is 2.58. The molecule has 0 spiro atoms. The molecule has 132 valence electrons. The summed E-state index contributed by atoms with van der Waals surface area (Å²) in [5.41, 5.74) is 0.693. The van der Waals surface area contributed by atoms with Gasteiger partial charge in [0.1, 0.15) is 5.82 Å². The molecule has 4 nitrogen and oxygen atoms in total. The van der Waals surface area contributed by atoms with E-state index in [9.17, 15) is 4.79 Å². The topological polar surface area (TPSA) is 46.9 Å². The first-order valence-corrected chi connectivity index (χ1v) is 9.43. The number of nitrogens with one attached hydrogen (secondary N) is 1. The second kappa shape index (κ2) is 9.19. The number of aromatic nitrogens is 2. The van der Waals surface area contributed by atoms with Gasteiger partial charge in [-0.15, -0.1) is 0 Å². The minimum atomic E-state index is 0.0143. The maximum atomic E-state index is 12.8. The van der Waals surface area contributed by atoms with E-state index in [-0.39, 0.29) is 11.6 Å². The molecule has 1 unspecified atom stereocenters. The Morgan fingerprint density at radius 1 is 1.21 bits per heavy atom. The van der Waals surface area contributed by atoms with Crippen LogP contribution in [0.4, 0.5) is 0 Å². The Morgan fingerprint density at radius 3 is 2.67 bits per heavy atom. The van der Waals surface area contributed by atoms with Crippen LogP contribution < -0.4 is 10.9 Å². The van der Waals surface area contributed by atoms with Gasteiger partial charge in [0, 0.05) is 11.6 Å². The van der Waals surface area contributed by atoms with E-state index in [4.69, 9.17) is 16.6 Å². The normalized spacial score (nSPS) is 12.7. The highest BCUT2D eigenvalue weighted by molar-refractivity contribution is 6.31. The van der Waals surface area contributed by atoms with Gasteiger partial charge in [-0.3, -0.25) is 9.36 Å². The van der Waals surface area contributed by atoms with E-state index < -0.39 is 0 Å². The van der Waals surface area contributed by atoms with Gasteiger partial charge in [0.25, 0.3) is 5.56 Å². The molecule has 1 heterocycles. The van der Waals surface area contributed by atoms with Crippen molar-refractivity contribution >= 4 is 22.5 Å². The van der Waals surface area contributed by atoms with Gasteiger partial charge in [-0.25, -0.2) is 4.98 Å². The second-order valence-electron chi connectivity index (χ2n) is 6.16. The lowest BCUT2D eigenvalue weighted by molar-refractivity contribution is 0.453. The Labute approximate surface area is 149 Å². The molecule has 0 saturated carbocycles. The van der Waals surface area contributed by atoms with Gasteiger partial charge in [0.15, 0.2) is 0 Å². The SMILES string of the molecule is CCCCCCNC(CC)c1nc2cc(Cl)ccc2c(=O)n1CC. The third-order valence-electron chi connectivity index (χ3n) is 4.40. The van der Waals surface area contributed by atoms with Gasteiger partial charge in [0.05, 0.1) is 16.9 Å². The molecular formula is C19H28ClN3O. The van der Waals surface area contributed by atoms with E-state index in [1.165, 1.54) is 19.3 Å². The Morgan fingerprint density at radius 2 is 2.00 bits per heavy atom. The smallest absolute Gasteiger partial charge is 0.261 e. The van der Waals surface area contributed by atoms with Crippen LogP contribution in [0.15, 0.2) is 23.0 Å². The zero-order valence-corrected chi connectivity index (χ0v) is 15.7. The highest BCUT2D eigenvalue weighted by Crippen LogP contribution is 2.19. The highest BCUT2D eigenvalue weighted by atomic mass is 35.5. The fourth-order valence-corrected chi connectivity index (χ4v) is 3.20. The molecule has 0 radical (unpaired) electrons. The number of unbranched alkanes of at least 4 members (excludes halogenated alkanes) is 3. The molecule has 0 amide bonds. The first-order valence-electron chi connectivity index (χ1n) is 9.05. The summed E-state index contributed by atoms with van der Waals surface area (Å²) >= 11 is 6.08. The van der Waals surface area contributed by atoms with E-state index in [0.29, 0.717) is 22.5 Å². The molecular weight excluding hydrogens is 322 g/mol. The standard InChI is InChI=1S/C19H28ClN3O/c1-4-7-8-9-12-21-16(5-2)18-22-17-13-14(20)10-11-15(17)19(24)23(18)6-3/h10-11,13,16,21H,4-9,12H2,1-3H3. The maximum Gasteiger partial charge on any atom is 0.261 e. The van der Waals surface area contributed by atoms with Crippen LogP contribution in [0.2, 0.25) is 5.02 Å². The van der Waals surface area contributed by atoms with Crippen LogP contribution in [0.5, 0.6) is 0 Å². The largest absolute Gasteiger partial charge is 0.307 e. The number of hydrogen-bond donors (Lipinski definition) is 1. The van der Waals surface area contributed by atoms with Crippen LogP contribution in [0.1, 0.15) is 64.7 Å². The van der Waals surface area contributed by atoms with Crippen molar-refractivity contribution in [2.24, 2.45) is 0 Å². The van der Waals surface area contributed by atoms with Gasteiger partial charge >= 0.3 is 0 Å². The third kappa shape index (κ3) is 4.37. The van der Waals surface area contributed by atoms with Crippen molar-refractivity contribution in [3.8, 4) is 0 Å². The molecule has 0 saturated heterocycles. The van der Waals surface area contributed by atoms with Gasteiger partial charge in [-0.2, -0.15) is 0 Å². The summed E-state index contributed by atoms with van der Waals surface area (Å²) in [6, 6.07) is 5.37.